The lowest BCUT2D eigenvalue weighted by atomic mass is 10.0. The maximum Gasteiger partial charge on any atom is 0.318 e. The third-order valence-electron chi connectivity index (χ3n) is 9.09. The molecule has 6 rings (SSSR count). The summed E-state index contributed by atoms with van der Waals surface area (Å²) in [6.45, 7) is 7.97. The predicted octanol–water partition coefficient (Wildman–Crippen LogP) is 2.48. The van der Waals surface area contributed by atoms with E-state index in [4.69, 9.17) is 14.7 Å². The minimum atomic E-state index is -0.265. The summed E-state index contributed by atoms with van der Waals surface area (Å²) in [4.78, 5) is 44.0. The highest BCUT2D eigenvalue weighted by atomic mass is 16.5. The molecule has 2 fully saturated rings. The normalized spacial score (nSPS) is 20.6. The van der Waals surface area contributed by atoms with Crippen molar-refractivity contribution in [2.75, 3.05) is 56.2 Å². The summed E-state index contributed by atoms with van der Waals surface area (Å²) in [6, 6.07) is 10.6. The van der Waals surface area contributed by atoms with Crippen LogP contribution in [0.2, 0.25) is 0 Å². The zero-order chi connectivity index (χ0) is 30.1. The highest BCUT2D eigenvalue weighted by Gasteiger charge is 2.34. The van der Waals surface area contributed by atoms with Crippen LogP contribution in [0, 0.1) is 11.3 Å². The number of benzene rings is 1. The first kappa shape index (κ1) is 28.7. The molecule has 0 radical (unpaired) electrons. The molecule has 0 bridgehead atoms. The van der Waals surface area contributed by atoms with Gasteiger partial charge in [-0.05, 0) is 56.4 Å². The van der Waals surface area contributed by atoms with Crippen LogP contribution in [0.15, 0.2) is 47.9 Å². The number of hydrogen-bond donors (Lipinski definition) is 0. The van der Waals surface area contributed by atoms with Crippen molar-refractivity contribution in [2.24, 2.45) is 7.05 Å². The van der Waals surface area contributed by atoms with E-state index >= 15 is 0 Å². The van der Waals surface area contributed by atoms with Gasteiger partial charge in [-0.3, -0.25) is 9.59 Å². The van der Waals surface area contributed by atoms with E-state index in [-0.39, 0.29) is 23.9 Å². The number of piperazine rings is 1. The Kier molecular flexibility index (Phi) is 8.04. The van der Waals surface area contributed by atoms with Crippen LogP contribution in [0.25, 0.3) is 10.8 Å². The Labute approximate surface area is 251 Å². The average Bonchev–Trinajstić information content (AvgIpc) is 3.44. The lowest BCUT2D eigenvalue weighted by Crippen LogP contribution is -2.55. The number of rotatable bonds is 7. The summed E-state index contributed by atoms with van der Waals surface area (Å²) in [5.41, 5.74) is 2.79. The average molecular weight is 583 g/mol. The molecule has 3 aliphatic rings. The summed E-state index contributed by atoms with van der Waals surface area (Å²) in [7, 11) is 3.89. The fourth-order valence-corrected chi connectivity index (χ4v) is 6.65. The maximum atomic E-state index is 13.2. The lowest BCUT2D eigenvalue weighted by Gasteiger charge is -2.42. The first-order valence-electron chi connectivity index (χ1n) is 15.0. The third-order valence-corrected chi connectivity index (χ3v) is 9.09. The molecular formula is C32H38N8O3. The SMILES string of the molecule is C=CC(=O)N1CCN(c2nc(OC[C@@H]3CCCN3C)nc3c2CCN(c2cccc4ccn(C)c(=O)c24)C3)C[C@@H]1CC#N. The van der Waals surface area contributed by atoms with Gasteiger partial charge in [0.15, 0.2) is 0 Å². The second-order valence-electron chi connectivity index (χ2n) is 11.7. The Morgan fingerprint density at radius 2 is 2.00 bits per heavy atom. The number of amides is 1. The molecule has 11 nitrogen and oxygen atoms in total. The van der Waals surface area contributed by atoms with Crippen molar-refractivity contribution in [1.29, 1.82) is 5.26 Å². The Bertz CT molecular complexity index is 1650. The molecule has 1 aromatic carbocycles. The summed E-state index contributed by atoms with van der Waals surface area (Å²) in [5, 5.41) is 11.1. The first-order valence-corrected chi connectivity index (χ1v) is 15.0. The molecule has 43 heavy (non-hydrogen) atoms. The van der Waals surface area contributed by atoms with Gasteiger partial charge in [0.25, 0.3) is 5.56 Å². The molecule has 0 saturated carbocycles. The van der Waals surface area contributed by atoms with Gasteiger partial charge in [-0.15, -0.1) is 0 Å². The number of pyridine rings is 1. The van der Waals surface area contributed by atoms with E-state index in [1.807, 2.05) is 24.3 Å². The Balaban J connectivity index is 1.35. The third kappa shape index (κ3) is 5.55. The standard InChI is InChI=1S/C32H38N8O3/c1-4-28(41)40-18-17-39(19-23(40)10-13-33)30-25-12-16-38(27-9-5-7-22-11-15-37(3)31(42)29(22)27)20-26(25)34-32(35-30)43-21-24-8-6-14-36(24)2/h4-5,7,9,11,15,23-24H,1,6,8,10,12,14,16-21H2,2-3H3/t23-,24-/m0/s1. The molecule has 3 aromatic rings. The van der Waals surface area contributed by atoms with E-state index in [1.54, 1.807) is 22.7 Å². The van der Waals surface area contributed by atoms with Gasteiger partial charge in [0.2, 0.25) is 5.91 Å². The fraction of sp³-hybridized carbons (Fsp3) is 0.469. The molecule has 2 atom stereocenters. The van der Waals surface area contributed by atoms with E-state index in [2.05, 4.69) is 34.4 Å². The molecule has 0 aliphatic carbocycles. The monoisotopic (exact) mass is 582 g/mol. The zero-order valence-corrected chi connectivity index (χ0v) is 24.9. The van der Waals surface area contributed by atoms with Crippen molar-refractivity contribution >= 4 is 28.2 Å². The highest BCUT2D eigenvalue weighted by molar-refractivity contribution is 5.93. The Hall–Kier alpha value is -4.43. The number of carbonyl (C=O) groups excluding carboxylic acids is 1. The van der Waals surface area contributed by atoms with Crippen LogP contribution in [0.5, 0.6) is 6.01 Å². The number of likely N-dealkylation sites (N-methyl/N-ethyl adjacent to an activating group) is 1. The number of hydrogen-bond acceptors (Lipinski definition) is 9. The molecule has 11 heteroatoms. The lowest BCUT2D eigenvalue weighted by molar-refractivity contribution is -0.128. The van der Waals surface area contributed by atoms with Gasteiger partial charge in [0.1, 0.15) is 12.4 Å². The summed E-state index contributed by atoms with van der Waals surface area (Å²) in [5.74, 6) is 0.646. The largest absolute Gasteiger partial charge is 0.462 e. The minimum Gasteiger partial charge on any atom is -0.462 e. The summed E-state index contributed by atoms with van der Waals surface area (Å²) in [6.07, 6.45) is 6.25. The van der Waals surface area contributed by atoms with Crippen molar-refractivity contribution in [2.45, 2.75) is 44.3 Å². The van der Waals surface area contributed by atoms with E-state index in [1.165, 1.54) is 6.08 Å². The molecule has 224 valence electrons. The number of aryl methyl sites for hydroxylation is 1. The van der Waals surface area contributed by atoms with E-state index in [0.717, 1.165) is 47.5 Å². The number of nitrogens with zero attached hydrogens (tertiary/aromatic N) is 8. The molecule has 0 N–H and O–H groups in total. The van der Waals surface area contributed by atoms with Gasteiger partial charge in [0.05, 0.1) is 41.8 Å². The van der Waals surface area contributed by atoms with Crippen LogP contribution in [0.4, 0.5) is 11.5 Å². The van der Waals surface area contributed by atoms with Crippen LogP contribution < -0.4 is 20.1 Å². The number of fused-ring (bicyclic) bond motifs is 2. The fourth-order valence-electron chi connectivity index (χ4n) is 6.65. The predicted molar refractivity (Wildman–Crippen MR) is 165 cm³/mol. The number of anilines is 2. The number of likely N-dealkylation sites (tertiary alicyclic amines) is 1. The zero-order valence-electron chi connectivity index (χ0n) is 24.9. The Morgan fingerprint density at radius 1 is 1.14 bits per heavy atom. The van der Waals surface area contributed by atoms with Crippen LogP contribution >= 0.6 is 0 Å². The second kappa shape index (κ2) is 12.1. The smallest absolute Gasteiger partial charge is 0.318 e. The molecule has 0 unspecified atom stereocenters. The molecular weight excluding hydrogens is 544 g/mol. The topological polar surface area (TPSA) is 111 Å². The molecule has 1 amide bonds. The second-order valence-corrected chi connectivity index (χ2v) is 11.7. The van der Waals surface area contributed by atoms with Gasteiger partial charge in [-0.25, -0.2) is 0 Å². The van der Waals surface area contributed by atoms with Gasteiger partial charge < -0.3 is 28.9 Å². The van der Waals surface area contributed by atoms with E-state index in [9.17, 15) is 14.9 Å². The quantitative estimate of drug-likeness (QED) is 0.388. The van der Waals surface area contributed by atoms with Gasteiger partial charge in [-0.2, -0.15) is 15.2 Å². The van der Waals surface area contributed by atoms with Crippen LogP contribution in [0.1, 0.15) is 30.5 Å². The number of ether oxygens (including phenoxy) is 1. The van der Waals surface area contributed by atoms with Crippen LogP contribution in [-0.4, -0.2) is 88.7 Å². The molecule has 2 aromatic heterocycles. The van der Waals surface area contributed by atoms with Gasteiger partial charge >= 0.3 is 6.01 Å². The highest BCUT2D eigenvalue weighted by Crippen LogP contribution is 2.34. The molecule has 5 heterocycles. The van der Waals surface area contributed by atoms with Crippen molar-refractivity contribution in [1.82, 2.24) is 24.3 Å². The Morgan fingerprint density at radius 3 is 2.77 bits per heavy atom. The molecule has 0 spiro atoms. The maximum absolute atomic E-state index is 13.2. The summed E-state index contributed by atoms with van der Waals surface area (Å²) >= 11 is 0. The number of carbonyl (C=O) groups is 1. The molecule has 2 saturated heterocycles. The van der Waals surface area contributed by atoms with Crippen LogP contribution in [0.3, 0.4) is 0 Å². The number of nitriles is 1. The van der Waals surface area contributed by atoms with Crippen molar-refractivity contribution in [3.05, 3.63) is 64.7 Å². The number of aromatic nitrogens is 3. The van der Waals surface area contributed by atoms with Gasteiger partial charge in [0, 0.05) is 51.0 Å². The van der Waals surface area contributed by atoms with E-state index < -0.39 is 0 Å². The van der Waals surface area contributed by atoms with Crippen LogP contribution in [-0.2, 0) is 24.8 Å². The molecule has 3 aliphatic heterocycles. The summed E-state index contributed by atoms with van der Waals surface area (Å²) < 4.78 is 7.88. The van der Waals surface area contributed by atoms with Crippen molar-refractivity contribution in [3.63, 3.8) is 0 Å². The van der Waals surface area contributed by atoms with E-state index in [0.29, 0.717) is 63.2 Å². The minimum absolute atomic E-state index is 0.0255. The first-order chi connectivity index (χ1) is 20.9. The van der Waals surface area contributed by atoms with Crippen molar-refractivity contribution < 1.29 is 9.53 Å². The van der Waals surface area contributed by atoms with Crippen molar-refractivity contribution in [3.8, 4) is 12.1 Å². The van der Waals surface area contributed by atoms with Gasteiger partial charge in [-0.1, -0.05) is 18.7 Å².